The fourth-order valence-electron chi connectivity index (χ4n) is 8.70. The van der Waals surface area contributed by atoms with Crippen molar-refractivity contribution in [2.24, 2.45) is 28.6 Å². The van der Waals surface area contributed by atoms with E-state index in [1.165, 1.54) is 6.08 Å². The molecule has 2 saturated heterocycles. The lowest BCUT2D eigenvalue weighted by Crippen LogP contribution is -2.69. The number of allylic oxidation sites excluding steroid dienone is 4. The summed E-state index contributed by atoms with van der Waals surface area (Å²) in [6.45, 7) is 3.04. The van der Waals surface area contributed by atoms with E-state index in [2.05, 4.69) is 0 Å². The zero-order valence-electron chi connectivity index (χ0n) is 20.4. The third kappa shape index (κ3) is 2.92. The average Bonchev–Trinajstić information content (AvgIpc) is 3.34. The Hall–Kier alpha value is -1.06. The summed E-state index contributed by atoms with van der Waals surface area (Å²) in [4.78, 5) is 25.6. The normalized spacial score (nSPS) is 51.3. The Morgan fingerprint density at radius 2 is 2.00 bits per heavy atom. The fraction of sp³-hybridized carbons (Fsp3) is 0.778. The first-order valence-corrected chi connectivity index (χ1v) is 14.1. The molecule has 6 aliphatic rings. The number of carbonyl (C=O) groups is 2. The Kier molecular flexibility index (Phi) is 5.53. The minimum atomic E-state index is -1.97. The molecule has 4 aliphatic carbocycles. The molecule has 2 aliphatic heterocycles. The maximum atomic E-state index is 17.3. The van der Waals surface area contributed by atoms with Crippen molar-refractivity contribution in [3.8, 4) is 0 Å². The number of hydrogen-bond donors (Lipinski definition) is 2. The van der Waals surface area contributed by atoms with Gasteiger partial charge in [0.1, 0.15) is 6.61 Å². The average molecular weight is 507 g/mol. The van der Waals surface area contributed by atoms with Gasteiger partial charge < -0.3 is 19.7 Å². The first-order chi connectivity index (χ1) is 16.6. The Bertz CT molecular complexity index is 1010. The van der Waals surface area contributed by atoms with E-state index in [-0.39, 0.29) is 30.5 Å². The Morgan fingerprint density at radius 3 is 2.71 bits per heavy atom. The second kappa shape index (κ2) is 7.97. The molecule has 2 N–H and O–H groups in total. The highest BCUT2D eigenvalue weighted by molar-refractivity contribution is 7.99. The van der Waals surface area contributed by atoms with Crippen molar-refractivity contribution in [3.63, 3.8) is 0 Å². The molecule has 6 nitrogen and oxygen atoms in total. The summed E-state index contributed by atoms with van der Waals surface area (Å²) in [5.74, 6) is 0.906. The van der Waals surface area contributed by atoms with E-state index in [1.54, 1.807) is 13.0 Å². The lowest BCUT2D eigenvalue weighted by Gasteiger charge is -2.62. The predicted molar refractivity (Wildman–Crippen MR) is 128 cm³/mol. The van der Waals surface area contributed by atoms with Gasteiger partial charge in [-0.1, -0.05) is 24.6 Å². The minimum Gasteiger partial charge on any atom is -0.390 e. The van der Waals surface area contributed by atoms with E-state index in [9.17, 15) is 19.8 Å². The summed E-state index contributed by atoms with van der Waals surface area (Å²) >= 11 is 1.90. The zero-order chi connectivity index (χ0) is 24.8. The topological polar surface area (TPSA) is 93.1 Å². The Morgan fingerprint density at radius 1 is 1.26 bits per heavy atom. The molecule has 6 rings (SSSR count). The molecule has 0 bridgehead atoms. The first-order valence-electron chi connectivity index (χ1n) is 13.0. The summed E-state index contributed by atoms with van der Waals surface area (Å²) in [6.07, 6.45) is 5.54. The molecular formula is C27H35FO6S. The molecule has 2 saturated carbocycles. The number of alkyl halides is 1. The van der Waals surface area contributed by atoms with Crippen LogP contribution >= 0.6 is 11.8 Å². The standard InChI is InChI=1S/C27H35FO6S/c1-24-8-5-17(30)11-16(24)3-4-18-19-12-22-27(21(32)14-29,25(19,2)13-20(31)26(18,24)28)34-23(33-22)15-6-9-35-10-7-15/h3,5,8,15,18-20,22-23,29,31H,4,6-7,9-14H2,1-2H3/t18-,19-,20-,22+,23+,24-,25-,26-,27+/m0/s1. The van der Waals surface area contributed by atoms with Crippen LogP contribution in [0.2, 0.25) is 0 Å². The maximum Gasteiger partial charge on any atom is 0.193 e. The fourth-order valence-corrected chi connectivity index (χ4v) is 9.85. The number of fused-ring (bicyclic) bond motifs is 7. The lowest BCUT2D eigenvalue weighted by atomic mass is 9.45. The number of aliphatic hydroxyl groups excluding tert-OH is 2. The van der Waals surface area contributed by atoms with Gasteiger partial charge in [0.25, 0.3) is 0 Å². The monoisotopic (exact) mass is 506 g/mol. The predicted octanol–water partition coefficient (Wildman–Crippen LogP) is 3.15. The van der Waals surface area contributed by atoms with Gasteiger partial charge in [-0.2, -0.15) is 11.8 Å². The van der Waals surface area contributed by atoms with Gasteiger partial charge in [0, 0.05) is 29.1 Å². The minimum absolute atomic E-state index is 0.0359. The van der Waals surface area contributed by atoms with Crippen LogP contribution in [0.1, 0.15) is 52.4 Å². The number of aliphatic hydroxyl groups is 2. The van der Waals surface area contributed by atoms with Crippen LogP contribution in [-0.2, 0) is 19.1 Å². The van der Waals surface area contributed by atoms with Gasteiger partial charge in [0.15, 0.2) is 29.1 Å². The van der Waals surface area contributed by atoms with Crippen molar-refractivity contribution in [1.29, 1.82) is 0 Å². The lowest BCUT2D eigenvalue weighted by molar-refractivity contribution is -0.231. The van der Waals surface area contributed by atoms with Gasteiger partial charge in [-0.25, -0.2) is 4.39 Å². The van der Waals surface area contributed by atoms with Gasteiger partial charge in [-0.05, 0) is 62.5 Å². The molecule has 35 heavy (non-hydrogen) atoms. The highest BCUT2D eigenvalue weighted by Crippen LogP contribution is 2.71. The molecule has 0 amide bonds. The Balaban J connectivity index is 1.41. The molecule has 0 aromatic rings. The van der Waals surface area contributed by atoms with Crippen LogP contribution in [0.5, 0.6) is 0 Å². The van der Waals surface area contributed by atoms with Crippen LogP contribution in [0, 0.1) is 28.6 Å². The Labute approximate surface area is 209 Å². The van der Waals surface area contributed by atoms with Crippen molar-refractivity contribution in [2.45, 2.75) is 82.1 Å². The molecule has 0 unspecified atom stereocenters. The number of hydrogen-bond acceptors (Lipinski definition) is 7. The van der Waals surface area contributed by atoms with Crippen LogP contribution in [0.25, 0.3) is 0 Å². The van der Waals surface area contributed by atoms with Gasteiger partial charge in [-0.3, -0.25) is 9.59 Å². The zero-order valence-corrected chi connectivity index (χ0v) is 21.2. The number of carbonyl (C=O) groups excluding carboxylic acids is 2. The van der Waals surface area contributed by atoms with E-state index in [0.717, 1.165) is 29.9 Å². The number of ketones is 2. The van der Waals surface area contributed by atoms with Gasteiger partial charge in [-0.15, -0.1) is 0 Å². The molecule has 0 radical (unpaired) electrons. The van der Waals surface area contributed by atoms with Crippen LogP contribution in [0.15, 0.2) is 23.8 Å². The SMILES string of the molecule is C[C@]12C=CC(=O)CC1=CC[C@H]1[C@@H]3C[C@H]4O[C@@H](C5CCSCC5)O[C@@]4(C(=O)CO)[C@@]3(C)C[C@H](O)[C@@]12F. The third-order valence-corrected chi connectivity index (χ3v) is 11.6. The highest BCUT2D eigenvalue weighted by atomic mass is 32.2. The molecule has 9 atom stereocenters. The van der Waals surface area contributed by atoms with Crippen molar-refractivity contribution < 1.29 is 33.7 Å². The second-order valence-corrected chi connectivity index (χ2v) is 13.1. The first kappa shape index (κ1) is 24.3. The van der Waals surface area contributed by atoms with Crippen molar-refractivity contribution in [2.75, 3.05) is 18.1 Å². The van der Waals surface area contributed by atoms with Crippen molar-refractivity contribution in [3.05, 3.63) is 23.8 Å². The van der Waals surface area contributed by atoms with Crippen LogP contribution < -0.4 is 0 Å². The number of rotatable bonds is 3. The molecule has 8 heteroatoms. The van der Waals surface area contributed by atoms with E-state index in [4.69, 9.17) is 9.47 Å². The molecule has 0 aromatic carbocycles. The van der Waals surface area contributed by atoms with E-state index >= 15 is 4.39 Å². The van der Waals surface area contributed by atoms with Crippen LogP contribution in [0.4, 0.5) is 4.39 Å². The summed E-state index contributed by atoms with van der Waals surface area (Å²) in [7, 11) is 0. The number of thioether (sulfide) groups is 1. The smallest absolute Gasteiger partial charge is 0.193 e. The van der Waals surface area contributed by atoms with Crippen molar-refractivity contribution >= 4 is 23.3 Å². The summed E-state index contributed by atoms with van der Waals surface area (Å²) < 4.78 is 30.4. The highest BCUT2D eigenvalue weighted by Gasteiger charge is 2.79. The third-order valence-electron chi connectivity index (χ3n) is 10.6. The largest absolute Gasteiger partial charge is 0.390 e. The molecule has 2 heterocycles. The molecule has 192 valence electrons. The quantitative estimate of drug-likeness (QED) is 0.568. The number of halogens is 1. The summed E-state index contributed by atoms with van der Waals surface area (Å²) in [5.41, 5.74) is -4.60. The van der Waals surface area contributed by atoms with Crippen LogP contribution in [-0.4, -0.2) is 69.7 Å². The molecule has 0 aromatic heterocycles. The molecule has 0 spiro atoms. The molecule has 4 fully saturated rings. The number of Topliss-reactive ketones (excluding diaryl/α,β-unsaturated/α-hetero) is 1. The molecular weight excluding hydrogens is 471 g/mol. The number of ether oxygens (including phenoxy) is 2. The van der Waals surface area contributed by atoms with E-state index < -0.39 is 58.9 Å². The van der Waals surface area contributed by atoms with E-state index in [0.29, 0.717) is 12.8 Å². The maximum absolute atomic E-state index is 17.3. The van der Waals surface area contributed by atoms with E-state index in [1.807, 2.05) is 24.8 Å². The van der Waals surface area contributed by atoms with Crippen molar-refractivity contribution in [1.82, 2.24) is 0 Å². The second-order valence-electron chi connectivity index (χ2n) is 11.9. The summed E-state index contributed by atoms with van der Waals surface area (Å²) in [6, 6.07) is 0. The van der Waals surface area contributed by atoms with Crippen LogP contribution in [0.3, 0.4) is 0 Å². The van der Waals surface area contributed by atoms with Gasteiger partial charge in [0.05, 0.1) is 12.2 Å². The van der Waals surface area contributed by atoms with Gasteiger partial charge >= 0.3 is 0 Å². The summed E-state index contributed by atoms with van der Waals surface area (Å²) in [5, 5.41) is 21.6. The van der Waals surface area contributed by atoms with Gasteiger partial charge in [0.2, 0.25) is 0 Å².